The van der Waals surface area contributed by atoms with Crippen molar-refractivity contribution in [2.45, 2.75) is 341 Å². The summed E-state index contributed by atoms with van der Waals surface area (Å²) < 4.78 is 10.7. The highest BCUT2D eigenvalue weighted by Crippen LogP contribution is 2.18. The van der Waals surface area contributed by atoms with Crippen molar-refractivity contribution in [3.63, 3.8) is 0 Å². The van der Waals surface area contributed by atoms with E-state index >= 15 is 0 Å². The molecule has 5 nitrogen and oxygen atoms in total. The average molecular weight is 982 g/mol. The summed E-state index contributed by atoms with van der Waals surface area (Å²) in [6.45, 7) is 4.03. The molecule has 0 aromatic carbocycles. The van der Waals surface area contributed by atoms with E-state index in [2.05, 4.69) is 62.5 Å². The summed E-state index contributed by atoms with van der Waals surface area (Å²) in [5.74, 6) is -0.628. The highest BCUT2D eigenvalue weighted by molar-refractivity contribution is 5.70. The van der Waals surface area contributed by atoms with E-state index in [1.807, 2.05) is 0 Å². The molecule has 5 heteroatoms. The van der Waals surface area contributed by atoms with Crippen LogP contribution in [-0.2, 0) is 19.1 Å². The van der Waals surface area contributed by atoms with Crippen LogP contribution < -0.4 is 0 Å². The molecule has 0 aliphatic heterocycles. The predicted molar refractivity (Wildman–Crippen MR) is 307 cm³/mol. The van der Waals surface area contributed by atoms with E-state index in [1.54, 1.807) is 0 Å². The molecule has 0 fully saturated rings. The van der Waals surface area contributed by atoms with Crippen LogP contribution in [0.3, 0.4) is 0 Å². The van der Waals surface area contributed by atoms with Crippen LogP contribution in [0.2, 0.25) is 0 Å². The molecule has 1 unspecified atom stereocenters. The number of hydrogen-bond donors (Lipinski definition) is 1. The molecule has 0 amide bonds. The molecule has 0 aromatic rings. The first-order chi connectivity index (χ1) is 34.6. The van der Waals surface area contributed by atoms with Gasteiger partial charge in [-0.05, 0) is 51.4 Å². The number of aliphatic hydroxyl groups is 1. The summed E-state index contributed by atoms with van der Waals surface area (Å²) in [6.07, 6.45) is 81.6. The van der Waals surface area contributed by atoms with Gasteiger partial charge in [-0.15, -0.1) is 0 Å². The van der Waals surface area contributed by atoms with Crippen molar-refractivity contribution in [3.05, 3.63) is 48.6 Å². The summed E-state index contributed by atoms with van der Waals surface area (Å²) in [5.41, 5.74) is 0. The molecule has 0 saturated carbocycles. The second-order valence-electron chi connectivity index (χ2n) is 21.1. The molecule has 0 bridgehead atoms. The van der Waals surface area contributed by atoms with E-state index in [0.29, 0.717) is 12.8 Å². The number of allylic oxidation sites excluding steroid dienone is 8. The van der Waals surface area contributed by atoms with E-state index in [4.69, 9.17) is 9.47 Å². The molecular weight excluding hydrogens is 861 g/mol. The van der Waals surface area contributed by atoms with Crippen LogP contribution in [0.15, 0.2) is 48.6 Å². The third-order valence-corrected chi connectivity index (χ3v) is 14.1. The number of carbonyl (C=O) groups excluding carboxylic acids is 2. The van der Waals surface area contributed by atoms with Crippen LogP contribution in [0.25, 0.3) is 0 Å². The summed E-state index contributed by atoms with van der Waals surface area (Å²) in [6, 6.07) is 0. The van der Waals surface area contributed by atoms with Crippen LogP contribution in [0.1, 0.15) is 335 Å². The minimum Gasteiger partial charge on any atom is -0.462 e. The molecule has 0 aliphatic carbocycles. The van der Waals surface area contributed by atoms with Crippen molar-refractivity contribution in [2.24, 2.45) is 0 Å². The van der Waals surface area contributed by atoms with Crippen molar-refractivity contribution < 1.29 is 24.2 Å². The van der Waals surface area contributed by atoms with Crippen molar-refractivity contribution >= 4 is 11.9 Å². The fourth-order valence-corrected chi connectivity index (χ4v) is 9.49. The Hall–Kier alpha value is -2.14. The number of carbonyl (C=O) groups is 2. The van der Waals surface area contributed by atoms with Gasteiger partial charge in [0.25, 0.3) is 0 Å². The van der Waals surface area contributed by atoms with Crippen molar-refractivity contribution in [3.8, 4) is 0 Å². The summed E-state index contributed by atoms with van der Waals surface area (Å²) >= 11 is 0. The number of unbranched alkanes of at least 4 members (excludes halogenated alkanes) is 42. The van der Waals surface area contributed by atoms with Crippen molar-refractivity contribution in [1.82, 2.24) is 0 Å². The molecule has 70 heavy (non-hydrogen) atoms. The standard InChI is InChI=1S/C65H120O5/c1-3-5-7-9-11-13-15-17-19-20-21-22-23-24-25-26-27-28-29-30-31-32-33-34-35-36-37-38-39-40-41-42-43-44-46-47-49-51-53-55-57-59-64(67)69-62-63(61-66)70-65(68)60-58-56-54-52-50-48-45-18-16-14-12-10-8-6-4-2/h6,8,12,14,18,45,50,52,63,66H,3-5,7,9-11,13,15-17,19-44,46-49,51,53-62H2,1-2H3/b8-6-,14-12-,45-18-,52-50-. The summed E-state index contributed by atoms with van der Waals surface area (Å²) in [7, 11) is 0. The lowest BCUT2D eigenvalue weighted by molar-refractivity contribution is -0.161. The largest absolute Gasteiger partial charge is 0.462 e. The summed E-state index contributed by atoms with van der Waals surface area (Å²) in [4.78, 5) is 24.4. The maximum Gasteiger partial charge on any atom is 0.306 e. The van der Waals surface area contributed by atoms with Crippen LogP contribution in [0.4, 0.5) is 0 Å². The van der Waals surface area contributed by atoms with Gasteiger partial charge >= 0.3 is 11.9 Å². The Morgan fingerprint density at radius 1 is 0.343 bits per heavy atom. The lowest BCUT2D eigenvalue weighted by Crippen LogP contribution is -2.28. The quantitative estimate of drug-likeness (QED) is 0.0373. The Morgan fingerprint density at radius 2 is 0.614 bits per heavy atom. The van der Waals surface area contributed by atoms with Crippen molar-refractivity contribution in [1.29, 1.82) is 0 Å². The Labute approximate surface area is 437 Å². The maximum absolute atomic E-state index is 12.2. The lowest BCUT2D eigenvalue weighted by Gasteiger charge is -2.15. The lowest BCUT2D eigenvalue weighted by atomic mass is 10.0. The van der Waals surface area contributed by atoms with Gasteiger partial charge in [-0.25, -0.2) is 0 Å². The monoisotopic (exact) mass is 981 g/mol. The number of esters is 2. The van der Waals surface area contributed by atoms with Crippen molar-refractivity contribution in [2.75, 3.05) is 13.2 Å². The number of rotatable bonds is 58. The van der Waals surface area contributed by atoms with Gasteiger partial charge in [0.05, 0.1) is 6.61 Å². The molecule has 0 rings (SSSR count). The van der Waals surface area contributed by atoms with E-state index in [1.165, 1.54) is 244 Å². The zero-order valence-corrected chi connectivity index (χ0v) is 47.0. The van der Waals surface area contributed by atoms with Gasteiger partial charge in [-0.1, -0.05) is 319 Å². The molecule has 0 aliphatic rings. The summed E-state index contributed by atoms with van der Waals surface area (Å²) in [5, 5.41) is 9.62. The fourth-order valence-electron chi connectivity index (χ4n) is 9.49. The Morgan fingerprint density at radius 3 is 0.929 bits per heavy atom. The van der Waals surface area contributed by atoms with Gasteiger partial charge in [0, 0.05) is 12.8 Å². The smallest absolute Gasteiger partial charge is 0.306 e. The molecule has 0 spiro atoms. The minimum absolute atomic E-state index is 0.0806. The second-order valence-corrected chi connectivity index (χ2v) is 21.1. The second kappa shape index (κ2) is 61.2. The highest BCUT2D eigenvalue weighted by atomic mass is 16.6. The Balaban J connectivity index is 3.35. The zero-order valence-electron chi connectivity index (χ0n) is 47.0. The SMILES string of the molecule is CC/C=C\C/C=C\C/C=C\C/C=C\CCCCC(=O)OC(CO)COC(=O)CCCCCCCCCCCCCCCCCCCCCCCCCCCCCCCCCCCCCCCCCCC. The zero-order chi connectivity index (χ0) is 50.6. The molecule has 1 N–H and O–H groups in total. The van der Waals surface area contributed by atoms with Crippen LogP contribution in [-0.4, -0.2) is 36.4 Å². The molecule has 410 valence electrons. The van der Waals surface area contributed by atoms with Crippen LogP contribution >= 0.6 is 0 Å². The third kappa shape index (κ3) is 58.4. The van der Waals surface area contributed by atoms with Gasteiger partial charge in [0.2, 0.25) is 0 Å². The van der Waals surface area contributed by atoms with Crippen LogP contribution in [0, 0.1) is 0 Å². The van der Waals surface area contributed by atoms with Gasteiger partial charge in [0.1, 0.15) is 6.61 Å². The topological polar surface area (TPSA) is 72.8 Å². The minimum atomic E-state index is -0.793. The normalized spacial score (nSPS) is 12.4. The molecule has 0 saturated heterocycles. The molecule has 0 radical (unpaired) electrons. The van der Waals surface area contributed by atoms with Crippen LogP contribution in [0.5, 0.6) is 0 Å². The number of hydrogen-bond acceptors (Lipinski definition) is 5. The third-order valence-electron chi connectivity index (χ3n) is 14.1. The number of ether oxygens (including phenoxy) is 2. The molecular formula is C65H120O5. The van der Waals surface area contributed by atoms with Gasteiger partial charge < -0.3 is 14.6 Å². The first kappa shape index (κ1) is 67.9. The van der Waals surface area contributed by atoms with E-state index < -0.39 is 6.10 Å². The average Bonchev–Trinajstić information content (AvgIpc) is 3.36. The molecule has 1 atom stereocenters. The van der Waals surface area contributed by atoms with Gasteiger partial charge in [-0.3, -0.25) is 9.59 Å². The first-order valence-corrected chi connectivity index (χ1v) is 31.2. The Kier molecular flexibility index (Phi) is 59.3. The van der Waals surface area contributed by atoms with E-state index in [9.17, 15) is 14.7 Å². The van der Waals surface area contributed by atoms with E-state index in [0.717, 1.165) is 64.2 Å². The maximum atomic E-state index is 12.2. The van der Waals surface area contributed by atoms with E-state index in [-0.39, 0.29) is 25.2 Å². The van der Waals surface area contributed by atoms with Gasteiger partial charge in [-0.2, -0.15) is 0 Å². The predicted octanol–water partition coefficient (Wildman–Crippen LogP) is 21.2. The first-order valence-electron chi connectivity index (χ1n) is 31.2. The number of aliphatic hydroxyl groups excluding tert-OH is 1. The van der Waals surface area contributed by atoms with Gasteiger partial charge in [0.15, 0.2) is 6.10 Å². The fraction of sp³-hybridized carbons (Fsp3) is 0.846. The Bertz CT molecular complexity index is 1150. The molecule has 0 heterocycles. The molecule has 0 aromatic heterocycles. The highest BCUT2D eigenvalue weighted by Gasteiger charge is 2.16.